The number of aromatic amines is 1. The van der Waals surface area contributed by atoms with Crippen LogP contribution in [0.2, 0.25) is 0 Å². The Morgan fingerprint density at radius 1 is 1.12 bits per heavy atom. The number of benzene rings is 1. The first-order valence-electron chi connectivity index (χ1n) is 12.0. The van der Waals surface area contributed by atoms with Gasteiger partial charge in [0.05, 0.1) is 30.0 Å². The summed E-state index contributed by atoms with van der Waals surface area (Å²) in [4.78, 5) is 20.1. The highest BCUT2D eigenvalue weighted by atomic mass is 15.3. The number of anilines is 2. The van der Waals surface area contributed by atoms with Gasteiger partial charge >= 0.3 is 0 Å². The minimum absolute atomic E-state index is 0.0484. The van der Waals surface area contributed by atoms with Crippen LogP contribution in [0.4, 0.5) is 11.8 Å². The summed E-state index contributed by atoms with van der Waals surface area (Å²) in [7, 11) is 0. The third kappa shape index (κ3) is 3.54. The molecule has 6 rings (SSSR count). The van der Waals surface area contributed by atoms with Gasteiger partial charge in [-0.05, 0) is 57.1 Å². The first-order chi connectivity index (χ1) is 15.8. The number of fused-ring (bicyclic) bond motifs is 4. The lowest BCUT2D eigenvalue weighted by molar-refractivity contribution is 0.340. The monoisotopic (exact) mass is 429 g/mol. The summed E-state index contributed by atoms with van der Waals surface area (Å²) in [6, 6.07) is 9.37. The number of rotatable bonds is 4. The normalized spacial score (nSPS) is 23.1. The molecule has 32 heavy (non-hydrogen) atoms. The molecule has 3 N–H and O–H groups in total. The standard InChI is InChI=1S/C25H31N7/c1-16(21-12-26-15-28-21)29-25-30-23-19-9-3-2-6-17(19)7-4-10-20(23)24(31-25)32-13-18-8-5-11-27-22(18)14-32/h2-3,6,9,12,15-16,18,22,27H,4-5,7-8,10-11,13-14H2,1H3,(H,26,28)(H,29,30,31). The summed E-state index contributed by atoms with van der Waals surface area (Å²) >= 11 is 0. The van der Waals surface area contributed by atoms with E-state index in [1.807, 2.05) is 6.20 Å². The van der Waals surface area contributed by atoms with Crippen molar-refractivity contribution in [1.82, 2.24) is 25.3 Å². The van der Waals surface area contributed by atoms with Crippen LogP contribution in [0, 0.1) is 5.92 Å². The molecular formula is C25H31N7. The van der Waals surface area contributed by atoms with Gasteiger partial charge in [0.15, 0.2) is 0 Å². The van der Waals surface area contributed by atoms with Crippen molar-refractivity contribution in [3.8, 4) is 11.3 Å². The first-order valence-corrected chi connectivity index (χ1v) is 12.0. The van der Waals surface area contributed by atoms with E-state index in [1.54, 1.807) is 6.33 Å². The summed E-state index contributed by atoms with van der Waals surface area (Å²) in [6.07, 6.45) is 9.41. The minimum Gasteiger partial charge on any atom is -0.354 e. The molecular weight excluding hydrogens is 398 g/mol. The second kappa shape index (κ2) is 8.20. The molecule has 0 bridgehead atoms. The zero-order valence-electron chi connectivity index (χ0n) is 18.6. The number of aromatic nitrogens is 4. The fourth-order valence-electron chi connectivity index (χ4n) is 5.67. The van der Waals surface area contributed by atoms with Crippen LogP contribution in [-0.2, 0) is 12.8 Å². The Labute approximate surface area is 189 Å². The number of hydrogen-bond donors (Lipinski definition) is 3. The van der Waals surface area contributed by atoms with Gasteiger partial charge in [-0.2, -0.15) is 4.98 Å². The fourth-order valence-corrected chi connectivity index (χ4v) is 5.67. The molecule has 3 aliphatic rings. The van der Waals surface area contributed by atoms with E-state index in [0.717, 1.165) is 56.1 Å². The largest absolute Gasteiger partial charge is 0.354 e. The zero-order chi connectivity index (χ0) is 21.5. The molecule has 4 heterocycles. The van der Waals surface area contributed by atoms with Crippen LogP contribution < -0.4 is 15.5 Å². The molecule has 7 heteroatoms. The maximum absolute atomic E-state index is 5.13. The summed E-state index contributed by atoms with van der Waals surface area (Å²) < 4.78 is 0. The number of nitrogens with one attached hydrogen (secondary N) is 3. The third-order valence-corrected chi connectivity index (χ3v) is 7.36. The summed E-state index contributed by atoms with van der Waals surface area (Å²) in [5.41, 5.74) is 6.09. The molecule has 2 aromatic heterocycles. The molecule has 3 unspecified atom stereocenters. The SMILES string of the molecule is CC(Nc1nc2c(c(N3CC4CCCNC4C3)n1)CCCc1ccccc1-2)c1cnc[nH]1. The molecule has 3 aromatic rings. The number of piperidine rings is 1. The van der Waals surface area contributed by atoms with E-state index in [9.17, 15) is 0 Å². The average Bonchev–Trinajstić information content (AvgIpc) is 3.46. The maximum atomic E-state index is 5.13. The highest BCUT2D eigenvalue weighted by Gasteiger charge is 2.36. The smallest absolute Gasteiger partial charge is 0.225 e. The van der Waals surface area contributed by atoms with Gasteiger partial charge in [0.1, 0.15) is 5.82 Å². The molecule has 1 aromatic carbocycles. The molecule has 166 valence electrons. The third-order valence-electron chi connectivity index (χ3n) is 7.36. The number of nitrogens with zero attached hydrogens (tertiary/aromatic N) is 4. The van der Waals surface area contributed by atoms with Gasteiger partial charge in [-0.15, -0.1) is 0 Å². The Bertz CT molecular complexity index is 1080. The van der Waals surface area contributed by atoms with Crippen LogP contribution in [0.1, 0.15) is 49.0 Å². The van der Waals surface area contributed by atoms with Crippen molar-refractivity contribution in [2.45, 2.75) is 51.1 Å². The number of hydrogen-bond acceptors (Lipinski definition) is 6. The van der Waals surface area contributed by atoms with E-state index in [4.69, 9.17) is 9.97 Å². The average molecular weight is 430 g/mol. The van der Waals surface area contributed by atoms with Gasteiger partial charge in [-0.1, -0.05) is 24.3 Å². The molecule has 1 aliphatic carbocycles. The Morgan fingerprint density at radius 3 is 2.94 bits per heavy atom. The van der Waals surface area contributed by atoms with Crippen molar-refractivity contribution in [2.75, 3.05) is 29.9 Å². The van der Waals surface area contributed by atoms with Gasteiger partial charge in [0.25, 0.3) is 0 Å². The fraction of sp³-hybridized carbons (Fsp3) is 0.480. The lowest BCUT2D eigenvalue weighted by Gasteiger charge is -2.24. The first kappa shape index (κ1) is 19.7. The van der Waals surface area contributed by atoms with Crippen LogP contribution in [0.25, 0.3) is 11.3 Å². The molecule has 7 nitrogen and oxygen atoms in total. The van der Waals surface area contributed by atoms with Crippen molar-refractivity contribution < 1.29 is 0 Å². The van der Waals surface area contributed by atoms with E-state index >= 15 is 0 Å². The quantitative estimate of drug-likeness (QED) is 0.587. The molecule has 2 fully saturated rings. The summed E-state index contributed by atoms with van der Waals surface area (Å²) in [6.45, 7) is 5.37. The van der Waals surface area contributed by atoms with Crippen molar-refractivity contribution >= 4 is 11.8 Å². The van der Waals surface area contributed by atoms with Gasteiger partial charge in [0.2, 0.25) is 5.95 Å². The number of aryl methyl sites for hydroxylation is 1. The van der Waals surface area contributed by atoms with Crippen LogP contribution in [0.5, 0.6) is 0 Å². The molecule has 0 amide bonds. The van der Waals surface area contributed by atoms with Crippen molar-refractivity contribution in [3.05, 3.63) is 53.6 Å². The predicted molar refractivity (Wildman–Crippen MR) is 127 cm³/mol. The van der Waals surface area contributed by atoms with E-state index in [1.165, 1.54) is 29.5 Å². The highest BCUT2D eigenvalue weighted by Crippen LogP contribution is 2.39. The number of H-pyrrole nitrogens is 1. The van der Waals surface area contributed by atoms with Crippen molar-refractivity contribution in [2.24, 2.45) is 5.92 Å². The molecule has 2 aliphatic heterocycles. The second-order valence-electron chi connectivity index (χ2n) is 9.45. The zero-order valence-corrected chi connectivity index (χ0v) is 18.6. The van der Waals surface area contributed by atoms with E-state index in [-0.39, 0.29) is 6.04 Å². The van der Waals surface area contributed by atoms with E-state index < -0.39 is 0 Å². The van der Waals surface area contributed by atoms with Crippen LogP contribution in [0.3, 0.4) is 0 Å². The van der Waals surface area contributed by atoms with Crippen LogP contribution >= 0.6 is 0 Å². The lowest BCUT2D eigenvalue weighted by atomic mass is 9.94. The second-order valence-corrected chi connectivity index (χ2v) is 9.45. The van der Waals surface area contributed by atoms with E-state index in [0.29, 0.717) is 17.9 Å². The molecule has 3 atom stereocenters. The minimum atomic E-state index is 0.0484. The summed E-state index contributed by atoms with van der Waals surface area (Å²) in [5, 5.41) is 7.28. The van der Waals surface area contributed by atoms with Crippen LogP contribution in [-0.4, -0.2) is 45.6 Å². The predicted octanol–water partition coefficient (Wildman–Crippen LogP) is 3.72. The molecule has 0 radical (unpaired) electrons. The van der Waals surface area contributed by atoms with Gasteiger partial charge < -0.3 is 20.5 Å². The Hall–Kier alpha value is -2.93. The van der Waals surface area contributed by atoms with Crippen molar-refractivity contribution in [1.29, 1.82) is 0 Å². The lowest BCUT2D eigenvalue weighted by Crippen LogP contribution is -2.40. The van der Waals surface area contributed by atoms with Gasteiger partial charge in [-0.25, -0.2) is 9.97 Å². The van der Waals surface area contributed by atoms with E-state index in [2.05, 4.69) is 56.7 Å². The Kier molecular flexibility index (Phi) is 5.06. The van der Waals surface area contributed by atoms with Crippen molar-refractivity contribution in [3.63, 3.8) is 0 Å². The number of imidazole rings is 1. The van der Waals surface area contributed by atoms with Crippen LogP contribution in [0.15, 0.2) is 36.8 Å². The molecule has 0 spiro atoms. The topological polar surface area (TPSA) is 81.8 Å². The van der Waals surface area contributed by atoms with Gasteiger partial charge in [0, 0.05) is 30.3 Å². The Morgan fingerprint density at radius 2 is 2.06 bits per heavy atom. The molecule has 0 saturated carbocycles. The molecule has 2 saturated heterocycles. The Balaban J connectivity index is 1.43. The van der Waals surface area contributed by atoms with Gasteiger partial charge in [-0.3, -0.25) is 0 Å². The summed E-state index contributed by atoms with van der Waals surface area (Å²) in [5.74, 6) is 2.54. The maximum Gasteiger partial charge on any atom is 0.225 e. The highest BCUT2D eigenvalue weighted by molar-refractivity contribution is 5.74.